The van der Waals surface area contributed by atoms with Crippen LogP contribution in [0.4, 0.5) is 10.7 Å². The molecule has 0 saturated heterocycles. The zero-order valence-corrected chi connectivity index (χ0v) is 16.3. The third-order valence-electron chi connectivity index (χ3n) is 4.15. The van der Waals surface area contributed by atoms with Gasteiger partial charge in [0.15, 0.2) is 6.61 Å². The lowest BCUT2D eigenvalue weighted by Gasteiger charge is -2.13. The average molecular weight is 407 g/mol. The molecule has 0 unspecified atom stereocenters. The van der Waals surface area contributed by atoms with Crippen molar-refractivity contribution in [1.82, 2.24) is 0 Å². The highest BCUT2D eigenvalue weighted by Crippen LogP contribution is 2.38. The summed E-state index contributed by atoms with van der Waals surface area (Å²) in [6, 6.07) is 6.80. The molecule has 0 atom stereocenters. The Morgan fingerprint density at radius 3 is 2.63 bits per heavy atom. The minimum absolute atomic E-state index is 0.251. The first kappa shape index (κ1) is 19.4. The third kappa shape index (κ3) is 4.67. The fourth-order valence-electron chi connectivity index (χ4n) is 2.98. The van der Waals surface area contributed by atoms with Crippen LogP contribution in [-0.4, -0.2) is 24.4 Å². The molecule has 2 aromatic rings. The summed E-state index contributed by atoms with van der Waals surface area (Å²) < 4.78 is 5.21. The van der Waals surface area contributed by atoms with Crippen LogP contribution in [0, 0.1) is 0 Å². The number of hydrogen-bond donors (Lipinski definition) is 2. The molecular weight excluding hydrogens is 388 g/mol. The van der Waals surface area contributed by atoms with Crippen molar-refractivity contribution in [1.29, 1.82) is 0 Å². The van der Waals surface area contributed by atoms with Gasteiger partial charge in [0.1, 0.15) is 5.00 Å². The molecule has 8 heteroatoms. The number of benzene rings is 1. The molecule has 0 saturated carbocycles. The molecule has 0 bridgehead atoms. The van der Waals surface area contributed by atoms with Gasteiger partial charge in [-0.2, -0.15) is 0 Å². The van der Waals surface area contributed by atoms with Gasteiger partial charge < -0.3 is 15.4 Å². The Kier molecular flexibility index (Phi) is 6.13. The van der Waals surface area contributed by atoms with Gasteiger partial charge >= 0.3 is 5.97 Å². The van der Waals surface area contributed by atoms with E-state index in [1.807, 2.05) is 0 Å². The molecule has 1 aliphatic carbocycles. The molecule has 2 N–H and O–H groups in total. The van der Waals surface area contributed by atoms with Crippen molar-refractivity contribution >= 4 is 51.4 Å². The lowest BCUT2D eigenvalue weighted by atomic mass is 9.95. The molecule has 6 nitrogen and oxygen atoms in total. The topological polar surface area (TPSA) is 84.5 Å². The molecule has 1 aromatic carbocycles. The Hall–Kier alpha value is -2.38. The number of esters is 1. The lowest BCUT2D eigenvalue weighted by molar-refractivity contribution is -0.119. The average Bonchev–Trinajstić information content (AvgIpc) is 2.98. The maximum Gasteiger partial charge on any atom is 0.341 e. The summed E-state index contributed by atoms with van der Waals surface area (Å²) >= 11 is 7.41. The van der Waals surface area contributed by atoms with Crippen LogP contribution in [0.1, 0.15) is 40.6 Å². The summed E-state index contributed by atoms with van der Waals surface area (Å²) in [6.45, 7) is 0.957. The first-order chi connectivity index (χ1) is 13.0. The smallest absolute Gasteiger partial charge is 0.341 e. The molecule has 27 heavy (non-hydrogen) atoms. The highest BCUT2D eigenvalue weighted by Gasteiger charge is 2.27. The van der Waals surface area contributed by atoms with Crippen molar-refractivity contribution in [2.75, 3.05) is 17.2 Å². The van der Waals surface area contributed by atoms with E-state index in [0.717, 1.165) is 36.1 Å². The van der Waals surface area contributed by atoms with E-state index in [2.05, 4.69) is 10.6 Å². The molecule has 1 aliphatic rings. The van der Waals surface area contributed by atoms with Crippen LogP contribution < -0.4 is 10.6 Å². The van der Waals surface area contributed by atoms with Crippen LogP contribution in [0.3, 0.4) is 0 Å². The molecule has 0 radical (unpaired) electrons. The van der Waals surface area contributed by atoms with Crippen molar-refractivity contribution in [3.8, 4) is 0 Å². The number of carbonyl (C=O) groups excluding carboxylic acids is 3. The second-order valence-electron chi connectivity index (χ2n) is 6.20. The van der Waals surface area contributed by atoms with Gasteiger partial charge in [-0.15, -0.1) is 11.3 Å². The summed E-state index contributed by atoms with van der Waals surface area (Å²) in [7, 11) is 0. The summed E-state index contributed by atoms with van der Waals surface area (Å²) in [4.78, 5) is 37.3. The number of halogens is 1. The van der Waals surface area contributed by atoms with Crippen LogP contribution in [0.25, 0.3) is 0 Å². The largest absolute Gasteiger partial charge is 0.452 e. The number of ether oxygens (including phenoxy) is 1. The molecule has 1 aromatic heterocycles. The zero-order chi connectivity index (χ0) is 19.4. The van der Waals surface area contributed by atoms with Gasteiger partial charge in [-0.1, -0.05) is 23.7 Å². The lowest BCUT2D eigenvalue weighted by Crippen LogP contribution is -2.22. The molecular formula is C19H19ClN2O4S. The predicted octanol–water partition coefficient (Wildman–Crippen LogP) is 4.03. The van der Waals surface area contributed by atoms with Crippen molar-refractivity contribution in [2.24, 2.45) is 0 Å². The van der Waals surface area contributed by atoms with Crippen LogP contribution in [0.2, 0.25) is 5.02 Å². The van der Waals surface area contributed by atoms with Gasteiger partial charge in [0.2, 0.25) is 5.91 Å². The van der Waals surface area contributed by atoms with Gasteiger partial charge in [0.05, 0.1) is 16.3 Å². The quantitative estimate of drug-likeness (QED) is 0.734. The maximum absolute atomic E-state index is 12.6. The number of carbonyl (C=O) groups is 3. The first-order valence-corrected chi connectivity index (χ1v) is 9.78. The number of hydrogen-bond acceptors (Lipinski definition) is 5. The molecule has 0 fully saturated rings. The third-order valence-corrected chi connectivity index (χ3v) is 5.68. The van der Waals surface area contributed by atoms with E-state index in [-0.39, 0.29) is 5.91 Å². The number of rotatable bonds is 5. The number of fused-ring (bicyclic) bond motifs is 1. The molecule has 3 rings (SSSR count). The number of amides is 2. The Morgan fingerprint density at radius 1 is 1.15 bits per heavy atom. The first-order valence-electron chi connectivity index (χ1n) is 8.59. The van der Waals surface area contributed by atoms with E-state index in [4.69, 9.17) is 16.3 Å². The fraction of sp³-hybridized carbons (Fsp3) is 0.316. The monoisotopic (exact) mass is 406 g/mol. The second kappa shape index (κ2) is 8.54. The SMILES string of the molecule is CC(=O)Nc1sc2c(c1C(=O)OCC(=O)Nc1ccccc1Cl)CCCC2. The number of aryl methyl sites for hydroxylation is 1. The normalized spacial score (nSPS) is 12.8. The Balaban J connectivity index is 1.70. The number of anilines is 2. The zero-order valence-electron chi connectivity index (χ0n) is 14.8. The van der Waals surface area contributed by atoms with E-state index < -0.39 is 18.5 Å². The van der Waals surface area contributed by atoms with Gasteiger partial charge in [-0.25, -0.2) is 4.79 Å². The molecule has 1 heterocycles. The molecule has 2 amide bonds. The van der Waals surface area contributed by atoms with Crippen molar-refractivity contribution in [2.45, 2.75) is 32.6 Å². The van der Waals surface area contributed by atoms with Crippen LogP contribution >= 0.6 is 22.9 Å². The fourth-order valence-corrected chi connectivity index (χ4v) is 4.49. The highest BCUT2D eigenvalue weighted by atomic mass is 35.5. The van der Waals surface area contributed by atoms with E-state index in [9.17, 15) is 14.4 Å². The van der Waals surface area contributed by atoms with Crippen LogP contribution in [0.5, 0.6) is 0 Å². The Labute approximate surface area is 165 Å². The molecule has 142 valence electrons. The number of para-hydroxylation sites is 1. The van der Waals surface area contributed by atoms with E-state index >= 15 is 0 Å². The summed E-state index contributed by atoms with van der Waals surface area (Å²) in [6.07, 6.45) is 3.69. The maximum atomic E-state index is 12.6. The Morgan fingerprint density at radius 2 is 1.89 bits per heavy atom. The van der Waals surface area contributed by atoms with Crippen molar-refractivity contribution in [3.05, 3.63) is 45.3 Å². The van der Waals surface area contributed by atoms with Crippen molar-refractivity contribution < 1.29 is 19.1 Å². The molecule has 0 spiro atoms. The molecule has 0 aliphatic heterocycles. The summed E-state index contributed by atoms with van der Waals surface area (Å²) in [5, 5.41) is 6.20. The van der Waals surface area contributed by atoms with Gasteiger partial charge in [-0.05, 0) is 43.4 Å². The van der Waals surface area contributed by atoms with E-state index in [1.165, 1.54) is 18.3 Å². The number of thiophene rings is 1. The Bertz CT molecular complexity index is 894. The number of nitrogens with one attached hydrogen (secondary N) is 2. The van der Waals surface area contributed by atoms with Gasteiger partial charge in [0.25, 0.3) is 5.91 Å². The van der Waals surface area contributed by atoms with Crippen molar-refractivity contribution in [3.63, 3.8) is 0 Å². The van der Waals surface area contributed by atoms with Gasteiger partial charge in [0, 0.05) is 11.8 Å². The summed E-state index contributed by atoms with van der Waals surface area (Å²) in [5.74, 6) is -1.34. The predicted molar refractivity (Wildman–Crippen MR) is 106 cm³/mol. The summed E-state index contributed by atoms with van der Waals surface area (Å²) in [5.41, 5.74) is 1.74. The standard InChI is InChI=1S/C19H19ClN2O4S/c1-11(23)21-18-17(12-6-2-5-9-15(12)27-18)19(25)26-10-16(24)22-14-8-4-3-7-13(14)20/h3-4,7-8H,2,5-6,9-10H2,1H3,(H,21,23)(H,22,24). The van der Waals surface area contributed by atoms with E-state index in [0.29, 0.717) is 21.3 Å². The van der Waals surface area contributed by atoms with Crippen LogP contribution in [0.15, 0.2) is 24.3 Å². The second-order valence-corrected chi connectivity index (χ2v) is 7.71. The van der Waals surface area contributed by atoms with E-state index in [1.54, 1.807) is 24.3 Å². The minimum Gasteiger partial charge on any atom is -0.452 e. The highest BCUT2D eigenvalue weighted by molar-refractivity contribution is 7.17. The minimum atomic E-state index is -0.604. The van der Waals surface area contributed by atoms with Gasteiger partial charge in [-0.3, -0.25) is 9.59 Å². The van der Waals surface area contributed by atoms with Crippen LogP contribution in [-0.2, 0) is 27.2 Å².